The fourth-order valence-electron chi connectivity index (χ4n) is 1.81. The smallest absolute Gasteiger partial charge is 0.256 e. The molecule has 0 aliphatic carbocycles. The monoisotopic (exact) mass is 311 g/mol. The fourth-order valence-corrected chi connectivity index (χ4v) is 2.06. The minimum absolute atomic E-state index is 0.0232. The van der Waals surface area contributed by atoms with E-state index in [-0.39, 0.29) is 16.4 Å². The normalized spacial score (nSPS) is 12.0. The molecule has 0 fully saturated rings. The standard InChI is InChI=1S/C14H12ClF2N3O/c1-7(8-2-3-9(16)10(17)6-8)20-14(21)12-11(18)4-5-19-13(12)15/h2-7H,1H3,(H2,18,19)(H,20,21). The Hall–Kier alpha value is -2.21. The number of anilines is 1. The summed E-state index contributed by atoms with van der Waals surface area (Å²) in [5, 5.41) is 2.59. The molecule has 0 bridgehead atoms. The zero-order valence-corrected chi connectivity index (χ0v) is 11.8. The van der Waals surface area contributed by atoms with Crippen molar-refractivity contribution in [3.8, 4) is 0 Å². The number of aromatic nitrogens is 1. The number of rotatable bonds is 3. The van der Waals surface area contributed by atoms with Crippen LogP contribution in [0.4, 0.5) is 14.5 Å². The van der Waals surface area contributed by atoms with Crippen molar-refractivity contribution in [1.29, 1.82) is 0 Å². The van der Waals surface area contributed by atoms with Gasteiger partial charge in [0.25, 0.3) is 5.91 Å². The molecule has 3 N–H and O–H groups in total. The largest absolute Gasteiger partial charge is 0.398 e. The SMILES string of the molecule is CC(NC(=O)c1c(N)ccnc1Cl)c1ccc(F)c(F)c1. The Morgan fingerprint density at radius 1 is 1.33 bits per heavy atom. The van der Waals surface area contributed by atoms with Gasteiger partial charge in [-0.2, -0.15) is 0 Å². The van der Waals surface area contributed by atoms with E-state index in [4.69, 9.17) is 17.3 Å². The van der Waals surface area contributed by atoms with E-state index in [1.807, 2.05) is 0 Å². The van der Waals surface area contributed by atoms with Gasteiger partial charge in [-0.05, 0) is 30.7 Å². The molecule has 0 saturated heterocycles. The summed E-state index contributed by atoms with van der Waals surface area (Å²) in [6, 6.07) is 4.30. The first kappa shape index (κ1) is 15.2. The molecule has 1 atom stereocenters. The van der Waals surface area contributed by atoms with E-state index in [1.54, 1.807) is 6.92 Å². The lowest BCUT2D eigenvalue weighted by molar-refractivity contribution is 0.0940. The van der Waals surface area contributed by atoms with Crippen molar-refractivity contribution in [2.24, 2.45) is 0 Å². The Morgan fingerprint density at radius 3 is 2.67 bits per heavy atom. The van der Waals surface area contributed by atoms with Gasteiger partial charge in [-0.25, -0.2) is 13.8 Å². The van der Waals surface area contributed by atoms with Crippen LogP contribution < -0.4 is 11.1 Å². The molecule has 7 heteroatoms. The van der Waals surface area contributed by atoms with Gasteiger partial charge in [0.1, 0.15) is 5.15 Å². The van der Waals surface area contributed by atoms with Crippen molar-refractivity contribution in [2.75, 3.05) is 5.73 Å². The molecule has 0 saturated carbocycles. The number of benzene rings is 1. The molecule has 0 aliphatic rings. The van der Waals surface area contributed by atoms with Crippen molar-refractivity contribution in [2.45, 2.75) is 13.0 Å². The van der Waals surface area contributed by atoms with Gasteiger partial charge in [-0.3, -0.25) is 4.79 Å². The molecule has 0 spiro atoms. The van der Waals surface area contributed by atoms with Crippen LogP contribution in [0.2, 0.25) is 5.15 Å². The van der Waals surface area contributed by atoms with E-state index in [1.165, 1.54) is 18.3 Å². The number of nitrogens with zero attached hydrogens (tertiary/aromatic N) is 1. The number of nitrogens with two attached hydrogens (primary N) is 1. The van der Waals surface area contributed by atoms with Gasteiger partial charge in [0, 0.05) is 11.9 Å². The van der Waals surface area contributed by atoms with Crippen molar-refractivity contribution < 1.29 is 13.6 Å². The van der Waals surface area contributed by atoms with Crippen molar-refractivity contribution in [3.05, 3.63) is 58.4 Å². The Morgan fingerprint density at radius 2 is 2.05 bits per heavy atom. The second-order valence-electron chi connectivity index (χ2n) is 4.43. The van der Waals surface area contributed by atoms with Crippen LogP contribution in [-0.2, 0) is 0 Å². The van der Waals surface area contributed by atoms with E-state index in [0.717, 1.165) is 12.1 Å². The highest BCUT2D eigenvalue weighted by Gasteiger charge is 2.18. The third-order valence-corrected chi connectivity index (χ3v) is 3.24. The molecule has 2 aromatic rings. The van der Waals surface area contributed by atoms with E-state index in [2.05, 4.69) is 10.3 Å². The average molecular weight is 312 g/mol. The van der Waals surface area contributed by atoms with Crippen molar-refractivity contribution in [1.82, 2.24) is 10.3 Å². The first-order valence-corrected chi connectivity index (χ1v) is 6.43. The van der Waals surface area contributed by atoms with E-state index in [9.17, 15) is 13.6 Å². The lowest BCUT2D eigenvalue weighted by Crippen LogP contribution is -2.28. The van der Waals surface area contributed by atoms with E-state index >= 15 is 0 Å². The number of hydrogen-bond donors (Lipinski definition) is 2. The van der Waals surface area contributed by atoms with Crippen LogP contribution in [0.5, 0.6) is 0 Å². The third-order valence-electron chi connectivity index (χ3n) is 2.96. The summed E-state index contributed by atoms with van der Waals surface area (Å²) < 4.78 is 26.1. The Balaban J connectivity index is 2.21. The molecular formula is C14H12ClF2N3O. The van der Waals surface area contributed by atoms with Crippen LogP contribution >= 0.6 is 11.6 Å². The number of hydrogen-bond acceptors (Lipinski definition) is 3. The summed E-state index contributed by atoms with van der Waals surface area (Å²) in [5.41, 5.74) is 6.34. The highest BCUT2D eigenvalue weighted by Crippen LogP contribution is 2.21. The van der Waals surface area contributed by atoms with Crippen molar-refractivity contribution >= 4 is 23.2 Å². The van der Waals surface area contributed by atoms with Gasteiger partial charge in [0.2, 0.25) is 0 Å². The maximum absolute atomic E-state index is 13.2. The number of amides is 1. The van der Waals surface area contributed by atoms with Crippen LogP contribution in [0.15, 0.2) is 30.5 Å². The van der Waals surface area contributed by atoms with E-state index < -0.39 is 23.6 Å². The first-order chi connectivity index (χ1) is 9.90. The summed E-state index contributed by atoms with van der Waals surface area (Å²) in [6.45, 7) is 1.63. The molecular weight excluding hydrogens is 300 g/mol. The lowest BCUT2D eigenvalue weighted by atomic mass is 10.1. The van der Waals surface area contributed by atoms with Crippen LogP contribution in [0.3, 0.4) is 0 Å². The zero-order chi connectivity index (χ0) is 15.6. The van der Waals surface area contributed by atoms with Crippen molar-refractivity contribution in [3.63, 3.8) is 0 Å². The summed E-state index contributed by atoms with van der Waals surface area (Å²) in [6.07, 6.45) is 1.38. The topological polar surface area (TPSA) is 68.0 Å². The maximum atomic E-state index is 13.2. The second-order valence-corrected chi connectivity index (χ2v) is 4.79. The Kier molecular flexibility index (Phi) is 4.37. The molecule has 2 rings (SSSR count). The highest BCUT2D eigenvalue weighted by molar-refractivity contribution is 6.33. The van der Waals surface area contributed by atoms with Gasteiger partial charge in [0.15, 0.2) is 11.6 Å². The summed E-state index contributed by atoms with van der Waals surface area (Å²) in [4.78, 5) is 15.9. The van der Waals surface area contributed by atoms with Crippen LogP contribution in [0.1, 0.15) is 28.9 Å². The van der Waals surface area contributed by atoms with Gasteiger partial charge in [-0.1, -0.05) is 17.7 Å². The minimum Gasteiger partial charge on any atom is -0.398 e. The zero-order valence-electron chi connectivity index (χ0n) is 11.0. The third kappa shape index (κ3) is 3.28. The molecule has 110 valence electrons. The minimum atomic E-state index is -0.979. The first-order valence-electron chi connectivity index (χ1n) is 6.06. The molecule has 1 amide bonds. The van der Waals surface area contributed by atoms with Gasteiger partial charge < -0.3 is 11.1 Å². The Labute approximate surface area is 124 Å². The van der Waals surface area contributed by atoms with Gasteiger partial charge in [0.05, 0.1) is 11.6 Å². The number of halogens is 3. The second kappa shape index (κ2) is 6.05. The van der Waals surface area contributed by atoms with Crippen LogP contribution in [-0.4, -0.2) is 10.9 Å². The molecule has 1 aromatic heterocycles. The lowest BCUT2D eigenvalue weighted by Gasteiger charge is -2.15. The number of pyridine rings is 1. The Bertz CT molecular complexity index is 674. The predicted molar refractivity (Wildman–Crippen MR) is 75.9 cm³/mol. The average Bonchev–Trinajstić information content (AvgIpc) is 2.41. The molecule has 1 heterocycles. The maximum Gasteiger partial charge on any atom is 0.256 e. The molecule has 1 unspecified atom stereocenters. The quantitative estimate of drug-likeness (QED) is 0.856. The number of nitrogens with one attached hydrogen (secondary N) is 1. The number of carbonyl (C=O) groups is 1. The molecule has 0 aliphatic heterocycles. The number of carbonyl (C=O) groups excluding carboxylic acids is 1. The van der Waals surface area contributed by atoms with Gasteiger partial charge in [-0.15, -0.1) is 0 Å². The molecule has 1 aromatic carbocycles. The fraction of sp³-hybridized carbons (Fsp3) is 0.143. The summed E-state index contributed by atoms with van der Waals surface area (Å²) in [7, 11) is 0. The van der Waals surface area contributed by atoms with Crippen LogP contribution in [0.25, 0.3) is 0 Å². The van der Waals surface area contributed by atoms with Gasteiger partial charge >= 0.3 is 0 Å². The highest BCUT2D eigenvalue weighted by atomic mass is 35.5. The summed E-state index contributed by atoms with van der Waals surface area (Å²) >= 11 is 5.84. The predicted octanol–water partition coefficient (Wildman–Crippen LogP) is 3.09. The molecule has 21 heavy (non-hydrogen) atoms. The van der Waals surface area contributed by atoms with Crippen LogP contribution in [0, 0.1) is 11.6 Å². The summed E-state index contributed by atoms with van der Waals surface area (Å²) in [5.74, 6) is -2.47. The molecule has 0 radical (unpaired) electrons. The molecule has 4 nitrogen and oxygen atoms in total. The number of nitrogen functional groups attached to an aromatic ring is 1. The van der Waals surface area contributed by atoms with E-state index in [0.29, 0.717) is 5.56 Å².